The minimum atomic E-state index is 0.0349. The molecule has 0 atom stereocenters. The van der Waals surface area contributed by atoms with Crippen LogP contribution in [0.15, 0.2) is 79.0 Å². The van der Waals surface area contributed by atoms with Crippen LogP contribution in [0.4, 0.5) is 0 Å². The number of aryl methyl sites for hydroxylation is 1. The molecule has 3 aromatic heterocycles. The van der Waals surface area contributed by atoms with Crippen LogP contribution in [0.3, 0.4) is 0 Å². The Bertz CT molecular complexity index is 1880. The van der Waals surface area contributed by atoms with Crippen LogP contribution < -0.4 is 4.74 Å². The second kappa shape index (κ2) is 9.12. The van der Waals surface area contributed by atoms with Gasteiger partial charge in [-0.1, -0.05) is 46.8 Å². The lowest BCUT2D eigenvalue weighted by atomic mass is 9.86. The van der Waals surface area contributed by atoms with E-state index in [2.05, 4.69) is 86.6 Å². The summed E-state index contributed by atoms with van der Waals surface area (Å²) < 4.78 is 8.48. The van der Waals surface area contributed by atoms with Gasteiger partial charge in [0.2, 0.25) is 5.88 Å². The average molecular weight is 516 g/mol. The minimum Gasteiger partial charge on any atom is -0.506 e. The van der Waals surface area contributed by atoms with E-state index in [-0.39, 0.29) is 11.2 Å². The Kier molecular flexibility index (Phi) is 5.83. The van der Waals surface area contributed by atoms with Crippen molar-refractivity contribution < 1.29 is 9.84 Å². The van der Waals surface area contributed by atoms with Crippen molar-refractivity contribution in [2.24, 2.45) is 0 Å². The largest absolute Gasteiger partial charge is 0.506 e. The molecule has 3 aromatic carbocycles. The normalized spacial score (nSPS) is 12.2. The number of rotatable bonds is 4. The number of aromatic hydroxyl groups is 1. The van der Waals surface area contributed by atoms with E-state index in [4.69, 9.17) is 9.72 Å². The fourth-order valence-corrected chi connectivity index (χ4v) is 5.20. The van der Waals surface area contributed by atoms with Gasteiger partial charge in [0, 0.05) is 34.5 Å². The highest BCUT2D eigenvalue weighted by molar-refractivity contribution is 6.09. The molecule has 0 spiro atoms. The molecule has 0 fully saturated rings. The molecule has 0 bridgehead atoms. The summed E-state index contributed by atoms with van der Waals surface area (Å²) in [5, 5.41) is 13.6. The van der Waals surface area contributed by atoms with Gasteiger partial charge in [0.1, 0.15) is 22.8 Å². The Morgan fingerprint density at radius 2 is 1.62 bits per heavy atom. The zero-order valence-corrected chi connectivity index (χ0v) is 23.3. The Morgan fingerprint density at radius 3 is 2.38 bits per heavy atom. The lowest BCUT2D eigenvalue weighted by Crippen LogP contribution is -2.10. The summed E-state index contributed by atoms with van der Waals surface area (Å²) >= 11 is 0. The van der Waals surface area contributed by atoms with Crippen LogP contribution in [-0.4, -0.2) is 19.6 Å². The summed E-state index contributed by atoms with van der Waals surface area (Å²) in [5.74, 6) is 2.51. The SMILES string of the molecule is Cc1ccc(O)c2nc(Oc3ccc4c5cc(C(C)(C)C)ccc5n(-c5cc(C(C)C)ccn5)c4c3)ccc12. The highest BCUT2D eigenvalue weighted by Gasteiger charge is 2.19. The quantitative estimate of drug-likeness (QED) is 0.254. The second-order valence-electron chi connectivity index (χ2n) is 11.6. The molecule has 6 rings (SSSR count). The molecule has 0 unspecified atom stereocenters. The molecule has 6 aromatic rings. The van der Waals surface area contributed by atoms with Gasteiger partial charge in [0.05, 0.1) is 11.0 Å². The van der Waals surface area contributed by atoms with Gasteiger partial charge in [-0.3, -0.25) is 4.57 Å². The van der Waals surface area contributed by atoms with E-state index in [1.165, 1.54) is 16.5 Å². The minimum absolute atomic E-state index is 0.0349. The second-order valence-corrected chi connectivity index (χ2v) is 11.6. The molecule has 196 valence electrons. The Hall–Kier alpha value is -4.38. The fraction of sp³-hybridized carbons (Fsp3) is 0.235. The highest BCUT2D eigenvalue weighted by atomic mass is 16.5. The van der Waals surface area contributed by atoms with Crippen molar-refractivity contribution in [3.63, 3.8) is 0 Å². The van der Waals surface area contributed by atoms with Gasteiger partial charge in [0.25, 0.3) is 0 Å². The first kappa shape index (κ1) is 24.9. The molecule has 39 heavy (non-hydrogen) atoms. The summed E-state index contributed by atoms with van der Waals surface area (Å²) in [6.45, 7) is 13.1. The first-order valence-electron chi connectivity index (χ1n) is 13.4. The number of fused-ring (bicyclic) bond motifs is 4. The molecule has 5 heteroatoms. The Morgan fingerprint density at radius 1 is 0.821 bits per heavy atom. The van der Waals surface area contributed by atoms with Crippen LogP contribution in [-0.2, 0) is 5.41 Å². The summed E-state index contributed by atoms with van der Waals surface area (Å²) in [7, 11) is 0. The molecule has 3 heterocycles. The van der Waals surface area contributed by atoms with Crippen molar-refractivity contribution in [3.05, 3.63) is 95.7 Å². The third-order valence-electron chi connectivity index (χ3n) is 7.52. The topological polar surface area (TPSA) is 60.2 Å². The molecule has 0 aliphatic rings. The van der Waals surface area contributed by atoms with Crippen molar-refractivity contribution in [2.75, 3.05) is 0 Å². The maximum Gasteiger partial charge on any atom is 0.219 e. The molecule has 0 aliphatic carbocycles. The maximum atomic E-state index is 10.4. The van der Waals surface area contributed by atoms with Gasteiger partial charge in [-0.2, -0.15) is 0 Å². The molecule has 1 N–H and O–H groups in total. The third-order valence-corrected chi connectivity index (χ3v) is 7.52. The van der Waals surface area contributed by atoms with Crippen LogP contribution in [0.2, 0.25) is 0 Å². The highest BCUT2D eigenvalue weighted by Crippen LogP contribution is 2.38. The van der Waals surface area contributed by atoms with Crippen LogP contribution in [0.25, 0.3) is 38.5 Å². The summed E-state index contributed by atoms with van der Waals surface area (Å²) in [6.07, 6.45) is 1.89. The van der Waals surface area contributed by atoms with Crippen LogP contribution in [0, 0.1) is 6.92 Å². The Balaban J connectivity index is 1.54. The Labute approximate surface area is 228 Å². The van der Waals surface area contributed by atoms with Crippen molar-refractivity contribution >= 4 is 32.7 Å². The van der Waals surface area contributed by atoms with Crippen LogP contribution in [0.5, 0.6) is 17.4 Å². The van der Waals surface area contributed by atoms with E-state index in [0.717, 1.165) is 33.2 Å². The molecular formula is C34H33N3O2. The van der Waals surface area contributed by atoms with Crippen molar-refractivity contribution in [3.8, 4) is 23.2 Å². The predicted molar refractivity (Wildman–Crippen MR) is 160 cm³/mol. The lowest BCUT2D eigenvalue weighted by molar-refractivity contribution is 0.460. The average Bonchev–Trinajstić information content (AvgIpc) is 3.23. The number of hydrogen-bond acceptors (Lipinski definition) is 4. The number of phenolic OH excluding ortho intramolecular Hbond substituents is 1. The molecular weight excluding hydrogens is 482 g/mol. The fourth-order valence-electron chi connectivity index (χ4n) is 5.20. The summed E-state index contributed by atoms with van der Waals surface area (Å²) in [6, 6.07) is 24.5. The predicted octanol–water partition coefficient (Wildman–Crippen LogP) is 8.95. The zero-order valence-electron chi connectivity index (χ0n) is 23.3. The van der Waals surface area contributed by atoms with E-state index in [1.807, 2.05) is 37.4 Å². The van der Waals surface area contributed by atoms with Crippen LogP contribution >= 0.6 is 0 Å². The first-order valence-corrected chi connectivity index (χ1v) is 13.4. The van der Waals surface area contributed by atoms with Gasteiger partial charge in [-0.25, -0.2) is 9.97 Å². The van der Waals surface area contributed by atoms with Crippen molar-refractivity contribution in [1.29, 1.82) is 0 Å². The molecule has 5 nitrogen and oxygen atoms in total. The first-order chi connectivity index (χ1) is 18.6. The van der Waals surface area contributed by atoms with E-state index in [9.17, 15) is 5.11 Å². The standard InChI is InChI=1S/C34H33N3O2/c1-20(2)22-15-16-35-31(17-22)37-28-12-8-23(34(4,5)6)18-27(28)26-10-9-24(19-29(26)37)39-32-14-11-25-21(3)7-13-30(38)33(25)36-32/h7-20,38H,1-6H3. The van der Waals surface area contributed by atoms with E-state index in [0.29, 0.717) is 23.1 Å². The van der Waals surface area contributed by atoms with Crippen molar-refractivity contribution in [2.45, 2.75) is 52.9 Å². The van der Waals surface area contributed by atoms with E-state index < -0.39 is 0 Å². The van der Waals surface area contributed by atoms with Crippen molar-refractivity contribution in [1.82, 2.24) is 14.5 Å². The third kappa shape index (κ3) is 4.38. The van der Waals surface area contributed by atoms with Gasteiger partial charge in [-0.15, -0.1) is 0 Å². The number of benzene rings is 3. The number of hydrogen-bond donors (Lipinski definition) is 1. The summed E-state index contributed by atoms with van der Waals surface area (Å²) in [5.41, 5.74) is 6.27. The zero-order chi connectivity index (χ0) is 27.5. The van der Waals surface area contributed by atoms with Gasteiger partial charge in [-0.05, 0) is 83.5 Å². The number of ether oxygens (including phenoxy) is 1. The molecule has 0 saturated heterocycles. The maximum absolute atomic E-state index is 10.4. The van der Waals surface area contributed by atoms with Gasteiger partial charge in [0.15, 0.2) is 0 Å². The molecule has 0 saturated carbocycles. The summed E-state index contributed by atoms with van der Waals surface area (Å²) in [4.78, 5) is 9.40. The molecule has 0 radical (unpaired) electrons. The monoisotopic (exact) mass is 515 g/mol. The number of phenols is 1. The molecule has 0 amide bonds. The van der Waals surface area contributed by atoms with Crippen LogP contribution in [0.1, 0.15) is 57.2 Å². The number of pyridine rings is 2. The van der Waals surface area contributed by atoms with E-state index in [1.54, 1.807) is 6.07 Å². The van der Waals surface area contributed by atoms with Gasteiger partial charge >= 0.3 is 0 Å². The van der Waals surface area contributed by atoms with Gasteiger partial charge < -0.3 is 9.84 Å². The smallest absolute Gasteiger partial charge is 0.219 e. The molecule has 0 aliphatic heterocycles. The lowest BCUT2D eigenvalue weighted by Gasteiger charge is -2.19. The van der Waals surface area contributed by atoms with E-state index >= 15 is 0 Å². The number of nitrogens with zero attached hydrogens (tertiary/aromatic N) is 3. The number of aromatic nitrogens is 3.